The molecule has 0 radical (unpaired) electrons. The topological polar surface area (TPSA) is 180 Å². The number of halogens is 2. The van der Waals surface area contributed by atoms with Crippen molar-refractivity contribution in [1.82, 2.24) is 4.90 Å². The minimum atomic E-state index is -1.80. The predicted molar refractivity (Wildman–Crippen MR) is 184 cm³/mol. The van der Waals surface area contributed by atoms with Crippen molar-refractivity contribution < 1.29 is 58.5 Å². The Labute approximate surface area is 300 Å². The minimum absolute atomic E-state index is 0.139. The van der Waals surface area contributed by atoms with Gasteiger partial charge in [0.2, 0.25) is 11.8 Å². The number of carbonyl (C=O) groups is 2. The molecule has 282 valence electrons. The van der Waals surface area contributed by atoms with Crippen molar-refractivity contribution in [3.63, 3.8) is 0 Å². The molecule has 6 N–H and O–H groups in total. The summed E-state index contributed by atoms with van der Waals surface area (Å²) in [6, 6.07) is 18.7. The molecule has 6 unspecified atom stereocenters. The molecule has 2 aliphatic rings. The van der Waals surface area contributed by atoms with Crippen molar-refractivity contribution in [3.8, 4) is 0 Å². The van der Waals surface area contributed by atoms with Crippen LogP contribution >= 0.6 is 0 Å². The zero-order chi connectivity index (χ0) is 37.6. The van der Waals surface area contributed by atoms with Crippen LogP contribution in [0.25, 0.3) is 0 Å². The third-order valence-electron chi connectivity index (χ3n) is 9.96. The summed E-state index contributed by atoms with van der Waals surface area (Å²) in [6.07, 6.45) is -5.92. The highest BCUT2D eigenvalue weighted by Gasteiger charge is 2.48. The van der Waals surface area contributed by atoms with Gasteiger partial charge in [0.25, 0.3) is 0 Å². The maximum absolute atomic E-state index is 13.7. The monoisotopic (exact) mass is 728 g/mol. The molecule has 2 aliphatic heterocycles. The van der Waals surface area contributed by atoms with Crippen LogP contribution in [0.15, 0.2) is 72.8 Å². The molecule has 0 aliphatic carbocycles. The van der Waals surface area contributed by atoms with E-state index in [1.54, 1.807) is 17.0 Å². The lowest BCUT2D eigenvalue weighted by atomic mass is 9.78. The van der Waals surface area contributed by atoms with Gasteiger partial charge in [0.05, 0.1) is 37.9 Å². The summed E-state index contributed by atoms with van der Waals surface area (Å²) < 4.78 is 38.5. The van der Waals surface area contributed by atoms with Crippen LogP contribution in [0, 0.1) is 17.6 Å². The highest BCUT2D eigenvalue weighted by Crippen LogP contribution is 2.46. The van der Waals surface area contributed by atoms with Crippen molar-refractivity contribution >= 4 is 17.5 Å². The molecule has 3 aromatic rings. The highest BCUT2D eigenvalue weighted by molar-refractivity contribution is 6.03. The van der Waals surface area contributed by atoms with Crippen LogP contribution in [0.3, 0.4) is 0 Å². The Bertz CT molecular complexity index is 1620. The summed E-state index contributed by atoms with van der Waals surface area (Å²) in [5.74, 6) is -1.89. The molecule has 0 spiro atoms. The van der Waals surface area contributed by atoms with Gasteiger partial charge in [0.1, 0.15) is 48.3 Å². The first-order valence-corrected chi connectivity index (χ1v) is 17.2. The molecule has 2 fully saturated rings. The first-order chi connectivity index (χ1) is 24.8. The first kappa shape index (κ1) is 39.3. The van der Waals surface area contributed by atoms with Gasteiger partial charge in [0, 0.05) is 19.3 Å². The van der Waals surface area contributed by atoms with Gasteiger partial charge in [-0.3, -0.25) is 9.59 Å². The molecule has 7 atom stereocenters. The number of hydrogen-bond acceptors (Lipinski definition) is 10. The van der Waals surface area contributed by atoms with Gasteiger partial charge in [-0.2, -0.15) is 0 Å². The number of β-lactam (4-membered cyclic amide) rings is 1. The lowest BCUT2D eigenvalue weighted by Crippen LogP contribution is -2.55. The zero-order valence-electron chi connectivity index (χ0n) is 28.8. The number of carbonyl (C=O) groups excluding carboxylic acids is 2. The smallest absolute Gasteiger partial charge is 0.248 e. The third-order valence-corrected chi connectivity index (χ3v) is 9.96. The lowest BCUT2D eigenvalue weighted by molar-refractivity contribution is -0.214. The lowest BCUT2D eigenvalue weighted by Gasteiger charge is -2.48. The van der Waals surface area contributed by atoms with Crippen LogP contribution in [-0.4, -0.2) is 117 Å². The molecular formula is C38H46F2N2O10. The number of nitrogens with zero attached hydrogens (tertiary/aromatic N) is 2. The summed E-state index contributed by atoms with van der Waals surface area (Å²) in [5.41, 5.74) is 2.25. The predicted octanol–water partition coefficient (Wildman–Crippen LogP) is 1.80. The van der Waals surface area contributed by atoms with Crippen LogP contribution in [0.4, 0.5) is 14.5 Å². The highest BCUT2D eigenvalue weighted by atomic mass is 19.1. The molecule has 0 saturated carbocycles. The summed E-state index contributed by atoms with van der Waals surface area (Å²) in [7, 11) is 1.40. The minimum Gasteiger partial charge on any atom is -0.394 e. The van der Waals surface area contributed by atoms with Gasteiger partial charge < -0.3 is 49.9 Å². The van der Waals surface area contributed by atoms with E-state index in [0.29, 0.717) is 30.5 Å². The Balaban J connectivity index is 1.18. The Morgan fingerprint density at radius 3 is 2.10 bits per heavy atom. The molecule has 52 heavy (non-hydrogen) atoms. The van der Waals surface area contributed by atoms with Gasteiger partial charge in [-0.15, -0.1) is 0 Å². The Morgan fingerprint density at radius 1 is 0.923 bits per heavy atom. The number of anilines is 1. The van der Waals surface area contributed by atoms with E-state index in [9.17, 15) is 43.9 Å². The van der Waals surface area contributed by atoms with Crippen molar-refractivity contribution in [2.45, 2.75) is 67.8 Å². The summed E-state index contributed by atoms with van der Waals surface area (Å²) in [5, 5.41) is 59.3. The van der Waals surface area contributed by atoms with E-state index in [4.69, 9.17) is 14.6 Å². The normalized spacial score (nSPS) is 21.0. The SMILES string of the molecule is CN(CC(O)C(O)C(O)C(O)CO)C(=O)COC1(CCc2ccc(C3[C@@H](CCC(O)c4ccc(F)cc4)C(=O)N3c3ccc(F)cc3)cc2)COC1. The van der Waals surface area contributed by atoms with Crippen LogP contribution in [0.5, 0.6) is 0 Å². The molecule has 3 aromatic carbocycles. The number of aliphatic hydroxyl groups excluding tert-OH is 6. The second kappa shape index (κ2) is 17.3. The molecule has 5 rings (SSSR count). The van der Waals surface area contributed by atoms with E-state index < -0.39 is 66.2 Å². The van der Waals surface area contributed by atoms with Crippen molar-refractivity contribution in [2.24, 2.45) is 5.92 Å². The second-order valence-corrected chi connectivity index (χ2v) is 13.7. The van der Waals surface area contributed by atoms with Gasteiger partial charge in [-0.1, -0.05) is 36.4 Å². The quantitative estimate of drug-likeness (QED) is 0.106. The number of amides is 2. The molecular weight excluding hydrogens is 682 g/mol. The number of hydrogen-bond donors (Lipinski definition) is 6. The molecule has 2 saturated heterocycles. The van der Waals surface area contributed by atoms with E-state index in [2.05, 4.69) is 0 Å². The zero-order valence-corrected chi connectivity index (χ0v) is 28.8. The van der Waals surface area contributed by atoms with E-state index >= 15 is 0 Å². The average Bonchev–Trinajstić information content (AvgIpc) is 3.13. The van der Waals surface area contributed by atoms with Gasteiger partial charge >= 0.3 is 0 Å². The van der Waals surface area contributed by atoms with Crippen LogP contribution in [0.1, 0.15) is 48.1 Å². The Hall–Kier alpha value is -3.86. The van der Waals surface area contributed by atoms with Gasteiger partial charge in [0.15, 0.2) is 0 Å². The van der Waals surface area contributed by atoms with Crippen LogP contribution < -0.4 is 4.90 Å². The summed E-state index contributed by atoms with van der Waals surface area (Å²) in [6.45, 7) is -0.939. The molecule has 2 amide bonds. The van der Waals surface area contributed by atoms with Crippen molar-refractivity contribution in [3.05, 3.63) is 101 Å². The number of aryl methyl sites for hydroxylation is 1. The third kappa shape index (κ3) is 9.19. The molecule has 12 nitrogen and oxygen atoms in total. The van der Waals surface area contributed by atoms with Gasteiger partial charge in [-0.05, 0) is 78.8 Å². The van der Waals surface area contributed by atoms with Crippen molar-refractivity contribution in [1.29, 1.82) is 0 Å². The fraction of sp³-hybridized carbons (Fsp3) is 0.474. The molecule has 0 aromatic heterocycles. The molecule has 2 heterocycles. The van der Waals surface area contributed by atoms with Crippen LogP contribution in [-0.2, 0) is 25.5 Å². The van der Waals surface area contributed by atoms with E-state index in [0.717, 1.165) is 16.0 Å². The fourth-order valence-electron chi connectivity index (χ4n) is 6.55. The number of ether oxygens (including phenoxy) is 2. The maximum atomic E-state index is 13.7. The molecule has 0 bridgehead atoms. The van der Waals surface area contributed by atoms with Gasteiger partial charge in [-0.25, -0.2) is 8.78 Å². The summed E-state index contributed by atoms with van der Waals surface area (Å²) in [4.78, 5) is 29.0. The summed E-state index contributed by atoms with van der Waals surface area (Å²) >= 11 is 0. The standard InChI is InChI=1S/C38H46F2N2O10/c1-41(18-31(45)35(48)36(49)32(46)19-43)33(47)20-52-38(21-51-22-38)17-16-23-2-4-25(5-3-23)34-29(14-15-30(44)24-6-8-26(39)9-7-24)37(50)42(34)28-12-10-27(40)11-13-28/h2-13,29-32,34-36,43-46,48-49H,14-22H2,1H3/t29-,30?,31?,32?,34?,35?,36?/m1/s1. The molecule has 14 heteroatoms. The Morgan fingerprint density at radius 2 is 1.52 bits per heavy atom. The maximum Gasteiger partial charge on any atom is 0.248 e. The number of aliphatic hydroxyl groups is 6. The Kier molecular flexibility index (Phi) is 13.1. The van der Waals surface area contributed by atoms with E-state index in [1.807, 2.05) is 24.3 Å². The number of benzene rings is 3. The number of rotatable bonds is 18. The fourth-order valence-corrected chi connectivity index (χ4v) is 6.55. The average molecular weight is 729 g/mol. The second-order valence-electron chi connectivity index (χ2n) is 13.7. The van der Waals surface area contributed by atoms with Crippen molar-refractivity contribution in [2.75, 3.05) is 44.9 Å². The van der Waals surface area contributed by atoms with Crippen LogP contribution in [0.2, 0.25) is 0 Å². The first-order valence-electron chi connectivity index (χ1n) is 17.2. The van der Waals surface area contributed by atoms with E-state index in [1.165, 1.54) is 43.4 Å². The number of likely N-dealkylation sites (N-methyl/N-ethyl adjacent to an activating group) is 1. The largest absolute Gasteiger partial charge is 0.394 e. The van der Waals surface area contributed by atoms with E-state index in [-0.39, 0.29) is 44.7 Å².